The standard InChI is InChI=1S/C15H21ClN2O2/c1-17-15(19)12-6-8-18(9-7-12)10-11-20-14-4-2-13(16)3-5-14/h2-5,12H,6-11H2,1H3,(H,17,19). The van der Waals surface area contributed by atoms with Gasteiger partial charge < -0.3 is 10.1 Å². The van der Waals surface area contributed by atoms with Crippen LogP contribution in [0.15, 0.2) is 24.3 Å². The first kappa shape index (κ1) is 15.1. The van der Waals surface area contributed by atoms with Gasteiger partial charge in [0.25, 0.3) is 0 Å². The third-order valence-electron chi connectivity index (χ3n) is 3.69. The van der Waals surface area contributed by atoms with Crippen LogP contribution < -0.4 is 10.1 Å². The number of nitrogens with one attached hydrogen (secondary N) is 1. The molecular formula is C15H21ClN2O2. The van der Waals surface area contributed by atoms with Crippen molar-refractivity contribution in [2.24, 2.45) is 5.92 Å². The van der Waals surface area contributed by atoms with Crippen molar-refractivity contribution >= 4 is 17.5 Å². The Hall–Kier alpha value is -1.26. The number of carbonyl (C=O) groups is 1. The molecule has 0 spiro atoms. The molecular weight excluding hydrogens is 276 g/mol. The van der Waals surface area contributed by atoms with Crippen LogP contribution in [0.4, 0.5) is 0 Å². The van der Waals surface area contributed by atoms with E-state index in [-0.39, 0.29) is 11.8 Å². The lowest BCUT2D eigenvalue weighted by Gasteiger charge is -2.30. The van der Waals surface area contributed by atoms with Crippen LogP contribution in [0.3, 0.4) is 0 Å². The van der Waals surface area contributed by atoms with E-state index < -0.39 is 0 Å². The smallest absolute Gasteiger partial charge is 0.222 e. The molecule has 1 amide bonds. The molecule has 0 radical (unpaired) electrons. The first-order chi connectivity index (χ1) is 9.69. The Morgan fingerprint density at radius 3 is 2.60 bits per heavy atom. The molecule has 5 heteroatoms. The molecule has 0 bridgehead atoms. The molecule has 20 heavy (non-hydrogen) atoms. The van der Waals surface area contributed by atoms with Crippen molar-refractivity contribution in [1.82, 2.24) is 10.2 Å². The predicted molar refractivity (Wildman–Crippen MR) is 80.2 cm³/mol. The molecule has 1 aliphatic heterocycles. The number of hydrogen-bond donors (Lipinski definition) is 1. The fourth-order valence-corrected chi connectivity index (χ4v) is 2.57. The fourth-order valence-electron chi connectivity index (χ4n) is 2.45. The number of hydrogen-bond acceptors (Lipinski definition) is 3. The monoisotopic (exact) mass is 296 g/mol. The SMILES string of the molecule is CNC(=O)C1CCN(CCOc2ccc(Cl)cc2)CC1. The van der Waals surface area contributed by atoms with Gasteiger partial charge in [-0.2, -0.15) is 0 Å². The van der Waals surface area contributed by atoms with Gasteiger partial charge in [-0.05, 0) is 50.2 Å². The largest absolute Gasteiger partial charge is 0.492 e. The van der Waals surface area contributed by atoms with E-state index in [0.29, 0.717) is 11.6 Å². The summed E-state index contributed by atoms with van der Waals surface area (Å²) in [5.74, 6) is 1.19. The minimum absolute atomic E-state index is 0.169. The van der Waals surface area contributed by atoms with Crippen LogP contribution in [-0.4, -0.2) is 44.1 Å². The molecule has 4 nitrogen and oxygen atoms in total. The van der Waals surface area contributed by atoms with E-state index in [1.54, 1.807) is 7.05 Å². The second-order valence-electron chi connectivity index (χ2n) is 5.03. The zero-order chi connectivity index (χ0) is 14.4. The molecule has 1 saturated heterocycles. The van der Waals surface area contributed by atoms with Gasteiger partial charge in [-0.15, -0.1) is 0 Å². The predicted octanol–water partition coefficient (Wildman–Crippen LogP) is 2.18. The number of rotatable bonds is 5. The summed E-state index contributed by atoms with van der Waals surface area (Å²) in [6.45, 7) is 3.47. The topological polar surface area (TPSA) is 41.6 Å². The number of likely N-dealkylation sites (tertiary alicyclic amines) is 1. The molecule has 0 aromatic heterocycles. The van der Waals surface area contributed by atoms with Gasteiger partial charge in [0.2, 0.25) is 5.91 Å². The molecule has 110 valence electrons. The van der Waals surface area contributed by atoms with Crippen LogP contribution >= 0.6 is 11.6 Å². The maximum atomic E-state index is 11.5. The molecule has 0 aliphatic carbocycles. The second-order valence-corrected chi connectivity index (χ2v) is 5.47. The van der Waals surface area contributed by atoms with Crippen LogP contribution in [-0.2, 0) is 4.79 Å². The molecule has 2 rings (SSSR count). The van der Waals surface area contributed by atoms with Crippen LogP contribution in [0, 0.1) is 5.92 Å². The molecule has 0 atom stereocenters. The first-order valence-electron chi connectivity index (χ1n) is 7.01. The Morgan fingerprint density at radius 1 is 1.35 bits per heavy atom. The summed E-state index contributed by atoms with van der Waals surface area (Å²) in [7, 11) is 1.70. The average molecular weight is 297 g/mol. The Balaban J connectivity index is 1.66. The summed E-state index contributed by atoms with van der Waals surface area (Å²) in [5, 5.41) is 3.44. The molecule has 1 fully saturated rings. The Morgan fingerprint density at radius 2 is 2.00 bits per heavy atom. The summed E-state index contributed by atoms with van der Waals surface area (Å²) >= 11 is 5.82. The average Bonchev–Trinajstić information content (AvgIpc) is 2.49. The third kappa shape index (κ3) is 4.39. The lowest BCUT2D eigenvalue weighted by molar-refractivity contribution is -0.125. The van der Waals surface area contributed by atoms with Crippen molar-refractivity contribution in [2.75, 3.05) is 33.3 Å². The third-order valence-corrected chi connectivity index (χ3v) is 3.95. The molecule has 0 unspecified atom stereocenters. The number of halogens is 1. The maximum absolute atomic E-state index is 11.5. The highest BCUT2D eigenvalue weighted by molar-refractivity contribution is 6.30. The summed E-state index contributed by atoms with van der Waals surface area (Å²) in [6, 6.07) is 7.40. The van der Waals surface area contributed by atoms with E-state index >= 15 is 0 Å². The number of benzene rings is 1. The highest BCUT2D eigenvalue weighted by Crippen LogP contribution is 2.18. The summed E-state index contributed by atoms with van der Waals surface area (Å²) in [5.41, 5.74) is 0. The maximum Gasteiger partial charge on any atom is 0.222 e. The molecule has 1 aliphatic rings. The number of nitrogens with zero attached hydrogens (tertiary/aromatic N) is 1. The van der Waals surface area contributed by atoms with Crippen LogP contribution in [0.1, 0.15) is 12.8 Å². The molecule has 1 N–H and O–H groups in total. The molecule has 0 saturated carbocycles. The molecule has 1 aromatic carbocycles. The van der Waals surface area contributed by atoms with Gasteiger partial charge in [-0.3, -0.25) is 9.69 Å². The van der Waals surface area contributed by atoms with Crippen molar-refractivity contribution in [1.29, 1.82) is 0 Å². The van der Waals surface area contributed by atoms with Gasteiger partial charge in [0.1, 0.15) is 12.4 Å². The number of piperidine rings is 1. The van der Waals surface area contributed by atoms with Crippen LogP contribution in [0.25, 0.3) is 0 Å². The first-order valence-corrected chi connectivity index (χ1v) is 7.39. The minimum Gasteiger partial charge on any atom is -0.492 e. The van der Waals surface area contributed by atoms with Crippen LogP contribution in [0.2, 0.25) is 5.02 Å². The zero-order valence-corrected chi connectivity index (χ0v) is 12.5. The van der Waals surface area contributed by atoms with Gasteiger partial charge in [0, 0.05) is 24.5 Å². The summed E-state index contributed by atoms with van der Waals surface area (Å²) in [4.78, 5) is 13.9. The van der Waals surface area contributed by atoms with Gasteiger partial charge in [0.05, 0.1) is 0 Å². The normalized spacial score (nSPS) is 16.9. The van der Waals surface area contributed by atoms with Gasteiger partial charge in [-0.25, -0.2) is 0 Å². The van der Waals surface area contributed by atoms with E-state index in [4.69, 9.17) is 16.3 Å². The Bertz CT molecular complexity index is 428. The lowest BCUT2D eigenvalue weighted by Crippen LogP contribution is -2.41. The van der Waals surface area contributed by atoms with Crippen molar-refractivity contribution in [2.45, 2.75) is 12.8 Å². The Labute approximate surface area is 125 Å². The van der Waals surface area contributed by atoms with E-state index in [9.17, 15) is 4.79 Å². The number of carbonyl (C=O) groups excluding carboxylic acids is 1. The summed E-state index contributed by atoms with van der Waals surface area (Å²) < 4.78 is 5.68. The van der Waals surface area contributed by atoms with E-state index in [1.165, 1.54) is 0 Å². The van der Waals surface area contributed by atoms with E-state index in [1.807, 2.05) is 24.3 Å². The van der Waals surface area contributed by atoms with Crippen molar-refractivity contribution in [3.8, 4) is 5.75 Å². The second kappa shape index (κ2) is 7.50. The molecule has 1 aromatic rings. The van der Waals surface area contributed by atoms with E-state index in [2.05, 4.69) is 10.2 Å². The number of ether oxygens (including phenoxy) is 1. The Kier molecular flexibility index (Phi) is 5.68. The summed E-state index contributed by atoms with van der Waals surface area (Å²) in [6.07, 6.45) is 1.86. The van der Waals surface area contributed by atoms with Crippen molar-refractivity contribution in [3.05, 3.63) is 29.3 Å². The van der Waals surface area contributed by atoms with Gasteiger partial charge in [0.15, 0.2) is 0 Å². The minimum atomic E-state index is 0.169. The quantitative estimate of drug-likeness (QED) is 0.905. The fraction of sp³-hybridized carbons (Fsp3) is 0.533. The zero-order valence-electron chi connectivity index (χ0n) is 11.8. The van der Waals surface area contributed by atoms with Gasteiger partial charge in [-0.1, -0.05) is 11.6 Å². The number of amides is 1. The molecule has 1 heterocycles. The van der Waals surface area contributed by atoms with Gasteiger partial charge >= 0.3 is 0 Å². The highest BCUT2D eigenvalue weighted by atomic mass is 35.5. The highest BCUT2D eigenvalue weighted by Gasteiger charge is 2.23. The lowest BCUT2D eigenvalue weighted by atomic mass is 9.96. The van der Waals surface area contributed by atoms with E-state index in [0.717, 1.165) is 38.2 Å². The van der Waals surface area contributed by atoms with Crippen molar-refractivity contribution in [3.63, 3.8) is 0 Å². The van der Waals surface area contributed by atoms with Crippen molar-refractivity contribution < 1.29 is 9.53 Å². The van der Waals surface area contributed by atoms with Crippen LogP contribution in [0.5, 0.6) is 5.75 Å².